The number of carbonyl (C=O) groups is 1. The minimum Gasteiger partial charge on any atom is -0.461 e. The Hall–Kier alpha value is -1.73. The van der Waals surface area contributed by atoms with Crippen LogP contribution in [0.3, 0.4) is 0 Å². The summed E-state index contributed by atoms with van der Waals surface area (Å²) in [5, 5.41) is 7.90. The van der Waals surface area contributed by atoms with E-state index >= 15 is 0 Å². The molecular formula is C15H19N3O3S. The molecular weight excluding hydrogens is 302 g/mol. The molecule has 0 aliphatic heterocycles. The Morgan fingerprint density at radius 2 is 2.27 bits per heavy atom. The first kappa shape index (κ1) is 15.2. The van der Waals surface area contributed by atoms with Gasteiger partial charge in [-0.05, 0) is 26.2 Å². The Morgan fingerprint density at radius 1 is 1.41 bits per heavy atom. The second kappa shape index (κ2) is 7.02. The molecule has 0 radical (unpaired) electrons. The highest BCUT2D eigenvalue weighted by molar-refractivity contribution is 7.13. The molecule has 22 heavy (non-hydrogen) atoms. The molecule has 0 spiro atoms. The molecule has 1 aliphatic rings. The number of esters is 1. The van der Waals surface area contributed by atoms with Crippen molar-refractivity contribution < 1.29 is 14.1 Å². The average molecular weight is 321 g/mol. The van der Waals surface area contributed by atoms with E-state index in [0.29, 0.717) is 24.7 Å². The third-order valence-corrected chi connectivity index (χ3v) is 4.60. The van der Waals surface area contributed by atoms with Crippen LogP contribution in [0.25, 0.3) is 0 Å². The van der Waals surface area contributed by atoms with Crippen molar-refractivity contribution in [2.45, 2.75) is 45.7 Å². The van der Waals surface area contributed by atoms with Gasteiger partial charge in [0.25, 0.3) is 0 Å². The molecule has 0 saturated carbocycles. The maximum Gasteiger partial charge on any atom is 0.367 e. The van der Waals surface area contributed by atoms with E-state index in [1.807, 2.05) is 0 Å². The quantitative estimate of drug-likeness (QED) is 0.824. The monoisotopic (exact) mass is 321 g/mol. The number of aryl methyl sites for hydroxylation is 1. The second-order valence-electron chi connectivity index (χ2n) is 5.19. The van der Waals surface area contributed by atoms with Gasteiger partial charge in [-0.3, -0.25) is 0 Å². The summed E-state index contributed by atoms with van der Waals surface area (Å²) >= 11 is 1.35. The van der Waals surface area contributed by atoms with Crippen molar-refractivity contribution in [1.29, 1.82) is 0 Å². The highest BCUT2D eigenvalue weighted by atomic mass is 32.1. The number of rotatable bonds is 6. The highest BCUT2D eigenvalue weighted by Gasteiger charge is 2.19. The number of nitrogens with zero attached hydrogens (tertiary/aromatic N) is 2. The van der Waals surface area contributed by atoms with E-state index < -0.39 is 0 Å². The molecule has 2 aromatic heterocycles. The van der Waals surface area contributed by atoms with Crippen LogP contribution in [0, 0.1) is 0 Å². The maximum atomic E-state index is 11.6. The van der Waals surface area contributed by atoms with Crippen LogP contribution in [0.5, 0.6) is 0 Å². The molecule has 0 fully saturated rings. The number of fused-ring (bicyclic) bond motifs is 1. The Balaban J connectivity index is 1.53. The van der Waals surface area contributed by atoms with Gasteiger partial charge >= 0.3 is 5.97 Å². The summed E-state index contributed by atoms with van der Waals surface area (Å²) in [6.07, 6.45) is 6.16. The molecule has 0 saturated heterocycles. The van der Waals surface area contributed by atoms with E-state index in [9.17, 15) is 4.79 Å². The number of ether oxygens (including phenoxy) is 1. The van der Waals surface area contributed by atoms with Crippen molar-refractivity contribution in [3.05, 3.63) is 33.1 Å². The predicted octanol–water partition coefficient (Wildman–Crippen LogP) is 2.48. The van der Waals surface area contributed by atoms with Gasteiger partial charge in [0.15, 0.2) is 0 Å². The van der Waals surface area contributed by atoms with Crippen LogP contribution in [-0.4, -0.2) is 22.7 Å². The molecule has 2 aromatic rings. The number of hydrogen-bond donors (Lipinski definition) is 1. The third kappa shape index (κ3) is 3.36. The summed E-state index contributed by atoms with van der Waals surface area (Å²) in [6, 6.07) is 0. The van der Waals surface area contributed by atoms with Gasteiger partial charge in [-0.2, -0.15) is 0 Å². The van der Waals surface area contributed by atoms with Crippen LogP contribution in [-0.2, 0) is 30.7 Å². The topological polar surface area (TPSA) is 77.2 Å². The Labute approximate surface area is 132 Å². The Kier molecular flexibility index (Phi) is 4.84. The summed E-state index contributed by atoms with van der Waals surface area (Å²) in [7, 11) is 0. The summed E-state index contributed by atoms with van der Waals surface area (Å²) in [5.74, 6) is 0.690. The molecule has 7 heteroatoms. The maximum absolute atomic E-state index is 11.6. The van der Waals surface area contributed by atoms with E-state index in [1.54, 1.807) is 13.1 Å². The largest absolute Gasteiger partial charge is 0.461 e. The van der Waals surface area contributed by atoms with Crippen LogP contribution in [0.1, 0.15) is 51.5 Å². The van der Waals surface area contributed by atoms with Crippen LogP contribution in [0.2, 0.25) is 0 Å². The van der Waals surface area contributed by atoms with Gasteiger partial charge < -0.3 is 14.6 Å². The van der Waals surface area contributed by atoms with Crippen LogP contribution >= 0.6 is 11.3 Å². The van der Waals surface area contributed by atoms with E-state index in [4.69, 9.17) is 9.26 Å². The van der Waals surface area contributed by atoms with E-state index in [2.05, 4.69) is 15.5 Å². The zero-order valence-corrected chi connectivity index (χ0v) is 13.4. The van der Waals surface area contributed by atoms with E-state index in [0.717, 1.165) is 29.2 Å². The summed E-state index contributed by atoms with van der Waals surface area (Å²) < 4.78 is 10.3. The van der Waals surface area contributed by atoms with Crippen LogP contribution < -0.4 is 5.32 Å². The average Bonchev–Trinajstić information content (AvgIpc) is 3.15. The van der Waals surface area contributed by atoms with E-state index in [-0.39, 0.29) is 5.97 Å². The lowest BCUT2D eigenvalue weighted by molar-refractivity contribution is 0.0526. The number of thiazole rings is 1. The molecule has 3 rings (SSSR count). The first-order valence-corrected chi connectivity index (χ1v) is 8.38. The molecule has 6 nitrogen and oxygen atoms in total. The number of aromatic nitrogens is 2. The van der Waals surface area contributed by atoms with Crippen molar-refractivity contribution in [2.24, 2.45) is 0 Å². The van der Waals surface area contributed by atoms with Crippen molar-refractivity contribution in [3.63, 3.8) is 0 Å². The first-order chi connectivity index (χ1) is 10.8. The van der Waals surface area contributed by atoms with Crippen LogP contribution in [0.4, 0.5) is 0 Å². The lowest BCUT2D eigenvalue weighted by Gasteiger charge is -2.09. The molecule has 0 aromatic carbocycles. The smallest absolute Gasteiger partial charge is 0.367 e. The normalized spacial score (nSPS) is 13.9. The summed E-state index contributed by atoms with van der Waals surface area (Å²) in [4.78, 5) is 16.7. The lowest BCUT2D eigenvalue weighted by atomic mass is 9.96. The summed E-state index contributed by atoms with van der Waals surface area (Å²) in [6.45, 7) is 3.47. The van der Waals surface area contributed by atoms with Crippen LogP contribution in [0.15, 0.2) is 10.7 Å². The van der Waals surface area contributed by atoms with Gasteiger partial charge in [-0.25, -0.2) is 9.78 Å². The fourth-order valence-corrected chi connectivity index (χ4v) is 3.34. The first-order valence-electron chi connectivity index (χ1n) is 7.56. The fourth-order valence-electron chi connectivity index (χ4n) is 2.57. The molecule has 0 bridgehead atoms. The minimum absolute atomic E-state index is 0.357. The highest BCUT2D eigenvalue weighted by Crippen LogP contribution is 2.24. The van der Waals surface area contributed by atoms with Gasteiger partial charge in [-0.15, -0.1) is 11.3 Å². The van der Waals surface area contributed by atoms with Crippen molar-refractivity contribution in [1.82, 2.24) is 15.5 Å². The molecule has 0 amide bonds. The Bertz CT molecular complexity index is 650. The Morgan fingerprint density at radius 3 is 3.14 bits per heavy atom. The molecule has 118 valence electrons. The van der Waals surface area contributed by atoms with Crippen molar-refractivity contribution in [2.75, 3.05) is 6.61 Å². The zero-order chi connectivity index (χ0) is 15.4. The molecule has 0 unspecified atom stereocenters. The predicted molar refractivity (Wildman–Crippen MR) is 81.8 cm³/mol. The standard InChI is InChI=1S/C15H19N3O3S/c1-2-20-15(19)14-17-8-10(22-14)7-16-9-12-11-5-3-4-6-13(11)21-18-12/h8,16H,2-7,9H2,1H3. The molecule has 0 atom stereocenters. The van der Waals surface area contributed by atoms with Gasteiger partial charge in [0.05, 0.1) is 6.61 Å². The van der Waals surface area contributed by atoms with Gasteiger partial charge in [0.1, 0.15) is 11.5 Å². The van der Waals surface area contributed by atoms with E-state index in [1.165, 1.54) is 29.7 Å². The van der Waals surface area contributed by atoms with Gasteiger partial charge in [0, 0.05) is 36.1 Å². The third-order valence-electron chi connectivity index (χ3n) is 3.63. The zero-order valence-electron chi connectivity index (χ0n) is 12.6. The number of hydrogen-bond acceptors (Lipinski definition) is 7. The van der Waals surface area contributed by atoms with Gasteiger partial charge in [0.2, 0.25) is 5.01 Å². The van der Waals surface area contributed by atoms with Crippen molar-refractivity contribution >= 4 is 17.3 Å². The summed E-state index contributed by atoms with van der Waals surface area (Å²) in [5.41, 5.74) is 2.28. The van der Waals surface area contributed by atoms with Crippen molar-refractivity contribution in [3.8, 4) is 0 Å². The number of carbonyl (C=O) groups excluding carboxylic acids is 1. The SMILES string of the molecule is CCOC(=O)c1ncc(CNCc2noc3c2CCCC3)s1. The van der Waals surface area contributed by atoms with Gasteiger partial charge in [-0.1, -0.05) is 5.16 Å². The lowest BCUT2D eigenvalue weighted by Crippen LogP contribution is -2.14. The molecule has 2 heterocycles. The fraction of sp³-hybridized carbons (Fsp3) is 0.533. The number of nitrogens with one attached hydrogen (secondary N) is 1. The molecule has 1 aliphatic carbocycles. The minimum atomic E-state index is -0.357. The second-order valence-corrected chi connectivity index (χ2v) is 6.31. The molecule has 1 N–H and O–H groups in total.